The summed E-state index contributed by atoms with van der Waals surface area (Å²) in [6.07, 6.45) is 0. The monoisotopic (exact) mass is 353 g/mol. The van der Waals surface area contributed by atoms with Gasteiger partial charge >= 0.3 is 0 Å². The molecule has 130 valence electrons. The third-order valence-corrected chi connectivity index (χ3v) is 4.03. The Kier molecular flexibility index (Phi) is 6.83. The van der Waals surface area contributed by atoms with Crippen LogP contribution in [0.25, 0.3) is 0 Å². The highest BCUT2D eigenvalue weighted by Gasteiger charge is 2.13. The number of amides is 1. The quantitative estimate of drug-likeness (QED) is 0.517. The summed E-state index contributed by atoms with van der Waals surface area (Å²) in [5, 5.41) is 2.86. The van der Waals surface area contributed by atoms with Gasteiger partial charge in [0, 0.05) is 24.2 Å². The number of benzene rings is 2. The van der Waals surface area contributed by atoms with E-state index in [1.54, 1.807) is 12.1 Å². The zero-order valence-electron chi connectivity index (χ0n) is 14.8. The first-order chi connectivity index (χ1) is 12.0. The number of nitrogens with zero attached hydrogens (tertiary/aromatic N) is 2. The van der Waals surface area contributed by atoms with Crippen LogP contribution in [0.5, 0.6) is 0 Å². The lowest BCUT2D eigenvalue weighted by Gasteiger charge is -2.23. The summed E-state index contributed by atoms with van der Waals surface area (Å²) in [6, 6.07) is 17.2. The van der Waals surface area contributed by atoms with Gasteiger partial charge in [-0.1, -0.05) is 48.0 Å². The molecule has 0 aliphatic heterocycles. The fourth-order valence-electron chi connectivity index (χ4n) is 2.43. The molecule has 1 N–H and O–H groups in total. The Balaban J connectivity index is 2.21. The van der Waals surface area contributed by atoms with Crippen LogP contribution < -0.4 is 5.32 Å². The van der Waals surface area contributed by atoms with E-state index in [4.69, 9.17) is 12.2 Å². The van der Waals surface area contributed by atoms with Gasteiger partial charge in [-0.2, -0.15) is 0 Å². The van der Waals surface area contributed by atoms with Crippen molar-refractivity contribution in [2.45, 2.75) is 20.8 Å². The molecule has 0 aromatic heterocycles. The molecule has 0 aliphatic carbocycles. The largest absolute Gasteiger partial charge is 0.357 e. The molecule has 0 heterocycles. The summed E-state index contributed by atoms with van der Waals surface area (Å²) in [5.74, 6) is 0.514. The molecule has 1 amide bonds. The number of carbonyl (C=O) groups excluding carboxylic acids is 1. The number of aliphatic imine (C=N–C) groups is 1. The Morgan fingerprint density at radius 1 is 1.00 bits per heavy atom. The maximum absolute atomic E-state index is 12.3. The fraction of sp³-hybridized carbons (Fsp3) is 0.250. The maximum atomic E-state index is 12.3. The van der Waals surface area contributed by atoms with Crippen LogP contribution in [0.1, 0.15) is 35.3 Å². The van der Waals surface area contributed by atoms with Crippen molar-refractivity contribution in [1.29, 1.82) is 0 Å². The van der Waals surface area contributed by atoms with Crippen LogP contribution in [0.2, 0.25) is 0 Å². The van der Waals surface area contributed by atoms with Crippen molar-refractivity contribution < 1.29 is 4.79 Å². The molecule has 0 spiro atoms. The smallest absolute Gasteiger partial charge is 0.257 e. The highest BCUT2D eigenvalue weighted by molar-refractivity contribution is 7.80. The van der Waals surface area contributed by atoms with Gasteiger partial charge in [0.15, 0.2) is 0 Å². The molecule has 2 rings (SSSR count). The summed E-state index contributed by atoms with van der Waals surface area (Å²) in [5.41, 5.74) is 2.63. The van der Waals surface area contributed by atoms with Crippen LogP contribution in [0.4, 0.5) is 0 Å². The zero-order chi connectivity index (χ0) is 18.2. The van der Waals surface area contributed by atoms with Crippen molar-refractivity contribution in [1.82, 2.24) is 10.2 Å². The van der Waals surface area contributed by atoms with Gasteiger partial charge in [-0.15, -0.1) is 0 Å². The van der Waals surface area contributed by atoms with Crippen molar-refractivity contribution in [3.63, 3.8) is 0 Å². The molecule has 2 aromatic rings. The molecule has 5 heteroatoms. The second-order valence-electron chi connectivity index (χ2n) is 5.60. The number of rotatable bonds is 4. The number of nitrogens with one attached hydrogen (secondary N) is 1. The number of hydrogen-bond acceptors (Lipinski definition) is 2. The minimum Gasteiger partial charge on any atom is -0.357 e. The van der Waals surface area contributed by atoms with Gasteiger partial charge in [-0.05, 0) is 45.1 Å². The van der Waals surface area contributed by atoms with E-state index in [0.29, 0.717) is 5.56 Å². The molecule has 0 aliphatic rings. The van der Waals surface area contributed by atoms with Crippen LogP contribution >= 0.6 is 12.2 Å². The molecule has 0 saturated carbocycles. The van der Waals surface area contributed by atoms with Crippen LogP contribution in [0.3, 0.4) is 0 Å². The van der Waals surface area contributed by atoms with Crippen molar-refractivity contribution in [2.75, 3.05) is 13.1 Å². The van der Waals surface area contributed by atoms with E-state index >= 15 is 0 Å². The minimum absolute atomic E-state index is 0.163. The van der Waals surface area contributed by atoms with E-state index in [1.165, 1.54) is 0 Å². The number of amidine groups is 1. The Morgan fingerprint density at radius 2 is 1.60 bits per heavy atom. The molecule has 0 fully saturated rings. The molecular formula is C20H23N3OS. The SMILES string of the molecule is CCN(CC)C(=NC(=S)NC(=O)c1ccc(C)cc1)c1ccccc1. The van der Waals surface area contributed by atoms with Gasteiger partial charge in [0.05, 0.1) is 0 Å². The van der Waals surface area contributed by atoms with Crippen molar-refractivity contribution in [2.24, 2.45) is 4.99 Å². The molecule has 0 bridgehead atoms. The second kappa shape index (κ2) is 9.08. The minimum atomic E-state index is -0.249. The Morgan fingerprint density at radius 3 is 2.16 bits per heavy atom. The molecule has 0 unspecified atom stereocenters. The first-order valence-electron chi connectivity index (χ1n) is 8.36. The molecule has 0 atom stereocenters. The maximum Gasteiger partial charge on any atom is 0.257 e. The van der Waals surface area contributed by atoms with Crippen molar-refractivity contribution in [3.05, 3.63) is 71.3 Å². The van der Waals surface area contributed by atoms with Crippen LogP contribution in [0.15, 0.2) is 59.6 Å². The molecule has 4 nitrogen and oxygen atoms in total. The first-order valence-corrected chi connectivity index (χ1v) is 8.77. The normalized spacial score (nSPS) is 11.1. The summed E-state index contributed by atoms with van der Waals surface area (Å²) >= 11 is 5.30. The van der Waals surface area contributed by atoms with Gasteiger partial charge in [-0.25, -0.2) is 4.99 Å². The third kappa shape index (κ3) is 5.22. The predicted octanol–water partition coefficient (Wildman–Crippen LogP) is 3.80. The highest BCUT2D eigenvalue weighted by Crippen LogP contribution is 2.07. The number of hydrogen-bond donors (Lipinski definition) is 1. The summed E-state index contributed by atoms with van der Waals surface area (Å²) < 4.78 is 0. The van der Waals surface area contributed by atoms with E-state index in [2.05, 4.69) is 29.1 Å². The topological polar surface area (TPSA) is 44.7 Å². The average molecular weight is 353 g/mol. The lowest BCUT2D eigenvalue weighted by molar-refractivity contribution is 0.0977. The number of carbonyl (C=O) groups is 1. The van der Waals surface area contributed by atoms with Gasteiger partial charge in [0.1, 0.15) is 5.84 Å². The van der Waals surface area contributed by atoms with Crippen LogP contribution in [0, 0.1) is 6.92 Å². The average Bonchev–Trinajstić information content (AvgIpc) is 2.63. The Hall–Kier alpha value is -2.53. The second-order valence-corrected chi connectivity index (χ2v) is 5.99. The van der Waals surface area contributed by atoms with E-state index in [0.717, 1.165) is 30.1 Å². The summed E-state index contributed by atoms with van der Waals surface area (Å²) in [6.45, 7) is 7.72. The van der Waals surface area contributed by atoms with Crippen LogP contribution in [-0.2, 0) is 0 Å². The lowest BCUT2D eigenvalue weighted by Crippen LogP contribution is -2.35. The number of thiocarbonyl (C=S) groups is 1. The van der Waals surface area contributed by atoms with Gasteiger partial charge in [0.25, 0.3) is 5.91 Å². The predicted molar refractivity (Wildman–Crippen MR) is 107 cm³/mol. The summed E-state index contributed by atoms with van der Waals surface area (Å²) in [7, 11) is 0. The molecule has 0 saturated heterocycles. The van der Waals surface area contributed by atoms with Crippen LogP contribution in [-0.4, -0.2) is 34.8 Å². The molecule has 25 heavy (non-hydrogen) atoms. The Bertz CT molecular complexity index is 750. The molecule has 0 radical (unpaired) electrons. The standard InChI is InChI=1S/C20H23N3OS/c1-4-23(5-2)18(16-9-7-6-8-10-16)21-20(25)22-19(24)17-13-11-15(3)12-14-17/h6-14H,4-5H2,1-3H3,(H,22,24,25). The Labute approximate surface area is 154 Å². The highest BCUT2D eigenvalue weighted by atomic mass is 32.1. The lowest BCUT2D eigenvalue weighted by atomic mass is 10.1. The summed E-state index contributed by atoms with van der Waals surface area (Å²) in [4.78, 5) is 18.9. The third-order valence-electron chi connectivity index (χ3n) is 3.84. The van der Waals surface area contributed by atoms with E-state index in [1.807, 2.05) is 49.4 Å². The van der Waals surface area contributed by atoms with E-state index < -0.39 is 0 Å². The zero-order valence-corrected chi connectivity index (χ0v) is 15.6. The van der Waals surface area contributed by atoms with E-state index in [-0.39, 0.29) is 11.0 Å². The molecular weight excluding hydrogens is 330 g/mol. The van der Waals surface area contributed by atoms with Gasteiger partial charge in [-0.3, -0.25) is 10.1 Å². The fourth-order valence-corrected chi connectivity index (χ4v) is 2.61. The van der Waals surface area contributed by atoms with Crippen molar-refractivity contribution in [3.8, 4) is 0 Å². The van der Waals surface area contributed by atoms with Gasteiger partial charge < -0.3 is 4.90 Å². The van der Waals surface area contributed by atoms with Gasteiger partial charge in [0.2, 0.25) is 5.11 Å². The number of aryl methyl sites for hydroxylation is 1. The van der Waals surface area contributed by atoms with E-state index in [9.17, 15) is 4.79 Å². The first kappa shape index (κ1) is 18.8. The molecule has 2 aromatic carbocycles. The van der Waals surface area contributed by atoms with Crippen molar-refractivity contribution >= 4 is 29.1 Å².